The van der Waals surface area contributed by atoms with Crippen molar-refractivity contribution in [2.75, 3.05) is 32.1 Å². The highest BCUT2D eigenvalue weighted by Crippen LogP contribution is 2.39. The third-order valence-electron chi connectivity index (χ3n) is 2.84. The smallest absolute Gasteiger partial charge is 0.204 e. The number of hydrogen-bond donors (Lipinski definition) is 1. The lowest BCUT2D eigenvalue weighted by Gasteiger charge is -2.19. The first-order valence-corrected chi connectivity index (χ1v) is 6.67. The molecule has 1 aromatic heterocycles. The molecule has 1 heterocycles. The van der Waals surface area contributed by atoms with E-state index in [2.05, 4.69) is 33.5 Å². The van der Waals surface area contributed by atoms with Crippen molar-refractivity contribution in [1.29, 1.82) is 0 Å². The van der Waals surface area contributed by atoms with Crippen molar-refractivity contribution < 1.29 is 0 Å². The van der Waals surface area contributed by atoms with Gasteiger partial charge in [0.1, 0.15) is 5.82 Å². The molecule has 1 fully saturated rings. The Morgan fingerprint density at radius 3 is 2.94 bits per heavy atom. The van der Waals surface area contributed by atoms with Crippen molar-refractivity contribution in [2.24, 2.45) is 5.92 Å². The monoisotopic (exact) mass is 240 g/mol. The van der Waals surface area contributed by atoms with E-state index >= 15 is 0 Å². The molecular formula is C11H20N4S. The Bertz CT molecular complexity index is 334. The second kappa shape index (κ2) is 5.10. The van der Waals surface area contributed by atoms with Crippen LogP contribution in [0, 0.1) is 5.92 Å². The minimum absolute atomic E-state index is 0.628. The molecule has 0 radical (unpaired) electrons. The fourth-order valence-corrected chi connectivity index (χ4v) is 2.56. The first-order chi connectivity index (χ1) is 7.70. The summed E-state index contributed by atoms with van der Waals surface area (Å²) in [6.07, 6.45) is 2.55. The molecule has 1 saturated carbocycles. The average Bonchev–Trinajstić information content (AvgIpc) is 2.96. The summed E-state index contributed by atoms with van der Waals surface area (Å²) in [5.74, 6) is 2.35. The van der Waals surface area contributed by atoms with Gasteiger partial charge in [-0.3, -0.25) is 0 Å². The van der Waals surface area contributed by atoms with Crippen LogP contribution in [-0.4, -0.2) is 36.5 Å². The molecule has 1 aliphatic rings. The summed E-state index contributed by atoms with van der Waals surface area (Å²) >= 11 is 1.53. The van der Waals surface area contributed by atoms with Gasteiger partial charge in [-0.05, 0) is 32.4 Å². The van der Waals surface area contributed by atoms with E-state index < -0.39 is 0 Å². The summed E-state index contributed by atoms with van der Waals surface area (Å²) < 4.78 is 4.43. The lowest BCUT2D eigenvalue weighted by molar-refractivity contribution is 0.542. The van der Waals surface area contributed by atoms with E-state index in [0.29, 0.717) is 11.8 Å². The van der Waals surface area contributed by atoms with Crippen LogP contribution in [0.4, 0.5) is 5.13 Å². The molecule has 1 unspecified atom stereocenters. The molecular weight excluding hydrogens is 220 g/mol. The van der Waals surface area contributed by atoms with Crippen LogP contribution in [0.25, 0.3) is 0 Å². The third-order valence-corrected chi connectivity index (χ3v) is 3.68. The van der Waals surface area contributed by atoms with Gasteiger partial charge in [-0.1, -0.05) is 6.92 Å². The Kier molecular flexibility index (Phi) is 3.76. The van der Waals surface area contributed by atoms with Gasteiger partial charge < -0.3 is 10.2 Å². The van der Waals surface area contributed by atoms with Crippen LogP contribution in [0.2, 0.25) is 0 Å². The molecule has 0 saturated heterocycles. The Labute approximate surface area is 101 Å². The molecule has 0 aromatic carbocycles. The number of nitrogens with zero attached hydrogens (tertiary/aromatic N) is 3. The van der Waals surface area contributed by atoms with E-state index in [1.807, 2.05) is 7.05 Å². The quantitative estimate of drug-likeness (QED) is 0.822. The van der Waals surface area contributed by atoms with Crippen LogP contribution in [-0.2, 0) is 0 Å². The molecule has 0 spiro atoms. The van der Waals surface area contributed by atoms with Gasteiger partial charge in [-0.25, -0.2) is 4.98 Å². The maximum Gasteiger partial charge on any atom is 0.204 e. The minimum atomic E-state index is 0.628. The van der Waals surface area contributed by atoms with Crippen LogP contribution in [0.3, 0.4) is 0 Å². The van der Waals surface area contributed by atoms with E-state index in [1.54, 1.807) is 0 Å². The summed E-state index contributed by atoms with van der Waals surface area (Å²) in [7, 11) is 4.09. The molecule has 0 bridgehead atoms. The molecule has 5 heteroatoms. The second-order valence-electron chi connectivity index (χ2n) is 4.75. The van der Waals surface area contributed by atoms with E-state index in [-0.39, 0.29) is 0 Å². The molecule has 0 amide bonds. The maximum atomic E-state index is 4.60. The third kappa shape index (κ3) is 2.92. The number of rotatable bonds is 6. The molecule has 90 valence electrons. The van der Waals surface area contributed by atoms with E-state index in [1.165, 1.54) is 24.4 Å². The molecule has 2 rings (SSSR count). The molecule has 0 aliphatic heterocycles. The van der Waals surface area contributed by atoms with Gasteiger partial charge in [0, 0.05) is 31.0 Å². The first-order valence-electron chi connectivity index (χ1n) is 5.90. The second-order valence-corrected chi connectivity index (χ2v) is 5.48. The van der Waals surface area contributed by atoms with Gasteiger partial charge in [-0.2, -0.15) is 4.37 Å². The van der Waals surface area contributed by atoms with Gasteiger partial charge in [0.2, 0.25) is 5.13 Å². The number of nitrogens with one attached hydrogen (secondary N) is 1. The number of aromatic nitrogens is 2. The van der Waals surface area contributed by atoms with Crippen LogP contribution >= 0.6 is 11.5 Å². The zero-order chi connectivity index (χ0) is 11.5. The summed E-state index contributed by atoms with van der Waals surface area (Å²) in [4.78, 5) is 6.81. The van der Waals surface area contributed by atoms with Crippen molar-refractivity contribution in [1.82, 2.24) is 14.7 Å². The predicted molar refractivity (Wildman–Crippen MR) is 68.2 cm³/mol. The lowest BCUT2D eigenvalue weighted by Crippen LogP contribution is -2.29. The first kappa shape index (κ1) is 11.8. The Balaban J connectivity index is 1.89. The van der Waals surface area contributed by atoms with E-state index in [4.69, 9.17) is 0 Å². The fraction of sp³-hybridized carbons (Fsp3) is 0.818. The van der Waals surface area contributed by atoms with Crippen molar-refractivity contribution in [2.45, 2.75) is 25.7 Å². The topological polar surface area (TPSA) is 41.0 Å². The van der Waals surface area contributed by atoms with Crippen LogP contribution in [0.5, 0.6) is 0 Å². The van der Waals surface area contributed by atoms with Crippen molar-refractivity contribution in [3.63, 3.8) is 0 Å². The zero-order valence-electron chi connectivity index (χ0n) is 10.2. The normalized spacial score (nSPS) is 17.4. The van der Waals surface area contributed by atoms with Crippen molar-refractivity contribution in [3.8, 4) is 0 Å². The Morgan fingerprint density at radius 1 is 1.56 bits per heavy atom. The lowest BCUT2D eigenvalue weighted by atomic mass is 10.2. The molecule has 1 N–H and O–H groups in total. The molecule has 1 atom stereocenters. The highest BCUT2D eigenvalue weighted by Gasteiger charge is 2.28. The van der Waals surface area contributed by atoms with Crippen LogP contribution in [0.15, 0.2) is 0 Å². The molecule has 1 aliphatic carbocycles. The average molecular weight is 240 g/mol. The Morgan fingerprint density at radius 2 is 2.31 bits per heavy atom. The largest absolute Gasteiger partial charge is 0.350 e. The van der Waals surface area contributed by atoms with Gasteiger partial charge in [0.05, 0.1) is 0 Å². The van der Waals surface area contributed by atoms with Gasteiger partial charge in [0.25, 0.3) is 0 Å². The van der Waals surface area contributed by atoms with E-state index in [9.17, 15) is 0 Å². The van der Waals surface area contributed by atoms with Crippen LogP contribution < -0.4 is 10.2 Å². The molecule has 1 aromatic rings. The van der Waals surface area contributed by atoms with Crippen molar-refractivity contribution >= 4 is 16.7 Å². The van der Waals surface area contributed by atoms with Gasteiger partial charge in [-0.15, -0.1) is 0 Å². The molecule has 4 nitrogen and oxygen atoms in total. The summed E-state index contributed by atoms with van der Waals surface area (Å²) in [6.45, 7) is 4.31. The fourth-order valence-electron chi connectivity index (χ4n) is 1.85. The predicted octanol–water partition coefficient (Wildman–Crippen LogP) is 1.71. The van der Waals surface area contributed by atoms with E-state index in [0.717, 1.165) is 24.0 Å². The highest BCUT2D eigenvalue weighted by atomic mass is 32.1. The van der Waals surface area contributed by atoms with Crippen molar-refractivity contribution in [3.05, 3.63) is 5.82 Å². The highest BCUT2D eigenvalue weighted by molar-refractivity contribution is 7.09. The number of hydrogen-bond acceptors (Lipinski definition) is 5. The van der Waals surface area contributed by atoms with Gasteiger partial charge >= 0.3 is 0 Å². The van der Waals surface area contributed by atoms with Gasteiger partial charge in [0.15, 0.2) is 0 Å². The minimum Gasteiger partial charge on any atom is -0.350 e. The zero-order valence-corrected chi connectivity index (χ0v) is 11.0. The molecule has 16 heavy (non-hydrogen) atoms. The van der Waals surface area contributed by atoms with Crippen LogP contribution in [0.1, 0.15) is 31.5 Å². The summed E-state index contributed by atoms with van der Waals surface area (Å²) in [6, 6.07) is 0. The maximum absolute atomic E-state index is 4.60. The Hall–Kier alpha value is -0.680. The number of anilines is 1. The summed E-state index contributed by atoms with van der Waals surface area (Å²) in [5.41, 5.74) is 0. The SMILES string of the molecule is CNCC(C)CN(C)c1nc(C2CC2)ns1. The standard InChI is InChI=1S/C11H20N4S/c1-8(6-12-2)7-15(3)11-13-10(14-16-11)9-4-5-9/h8-9,12H,4-7H2,1-3H3. The summed E-state index contributed by atoms with van der Waals surface area (Å²) in [5, 5.41) is 4.26.